The Labute approximate surface area is 191 Å². The van der Waals surface area contributed by atoms with Crippen molar-refractivity contribution in [3.05, 3.63) is 52.8 Å². The topological polar surface area (TPSA) is 92.6 Å². The maximum Gasteiger partial charge on any atom is 0.251 e. The van der Waals surface area contributed by atoms with Crippen LogP contribution in [0.1, 0.15) is 29.0 Å². The summed E-state index contributed by atoms with van der Waals surface area (Å²) >= 11 is 0. The summed E-state index contributed by atoms with van der Waals surface area (Å²) in [5, 5.41) is 15.4. The number of nitrogens with zero attached hydrogens (tertiary/aromatic N) is 1. The first kappa shape index (κ1) is 21.8. The fourth-order valence-corrected chi connectivity index (χ4v) is 4.39. The number of ether oxygens (including phenoxy) is 3. The number of amides is 1. The molecule has 8 heteroatoms. The van der Waals surface area contributed by atoms with E-state index in [1.807, 2.05) is 6.07 Å². The molecule has 3 aliphatic heterocycles. The van der Waals surface area contributed by atoms with Crippen LogP contribution < -0.4 is 15.4 Å². The Hall–Kier alpha value is -2.99. The van der Waals surface area contributed by atoms with Crippen LogP contribution in [0, 0.1) is 17.1 Å². The van der Waals surface area contributed by atoms with Crippen molar-refractivity contribution in [2.24, 2.45) is 0 Å². The van der Waals surface area contributed by atoms with Crippen LogP contribution in [0.4, 0.5) is 4.39 Å². The summed E-state index contributed by atoms with van der Waals surface area (Å²) in [7, 11) is 0. The second-order valence-electron chi connectivity index (χ2n) is 8.69. The monoisotopic (exact) mass is 451 g/mol. The van der Waals surface area contributed by atoms with E-state index in [0.717, 1.165) is 24.1 Å². The fraction of sp³-hybridized carbons (Fsp3) is 0.440. The molecule has 0 aliphatic carbocycles. The van der Waals surface area contributed by atoms with Crippen LogP contribution >= 0.6 is 0 Å². The molecule has 5 rings (SSSR count). The molecule has 2 aromatic rings. The second kappa shape index (κ2) is 9.48. The SMILES string of the molecule is N#C[C@H](Cc1cc2c(cc1F)-c1cc(C3COC3)ccc1CO2)NC(=O)[C@@H]1CNCCCO1. The van der Waals surface area contributed by atoms with Gasteiger partial charge in [-0.25, -0.2) is 4.39 Å². The molecule has 7 nitrogen and oxygen atoms in total. The van der Waals surface area contributed by atoms with E-state index in [9.17, 15) is 10.1 Å². The minimum absolute atomic E-state index is 0.0389. The van der Waals surface area contributed by atoms with Gasteiger partial charge in [0.05, 0.1) is 19.3 Å². The molecule has 2 saturated heterocycles. The first-order valence-corrected chi connectivity index (χ1v) is 11.3. The van der Waals surface area contributed by atoms with Gasteiger partial charge >= 0.3 is 0 Å². The molecule has 33 heavy (non-hydrogen) atoms. The van der Waals surface area contributed by atoms with E-state index in [1.165, 1.54) is 11.6 Å². The highest BCUT2D eigenvalue weighted by Gasteiger charge is 2.27. The van der Waals surface area contributed by atoms with E-state index in [1.54, 1.807) is 6.07 Å². The Balaban J connectivity index is 1.34. The van der Waals surface area contributed by atoms with Gasteiger partial charge in [0.15, 0.2) is 0 Å². The van der Waals surface area contributed by atoms with Crippen molar-refractivity contribution >= 4 is 5.91 Å². The lowest BCUT2D eigenvalue weighted by atomic mass is 9.89. The molecule has 0 unspecified atom stereocenters. The summed E-state index contributed by atoms with van der Waals surface area (Å²) in [5.41, 5.74) is 4.19. The van der Waals surface area contributed by atoms with Crippen molar-refractivity contribution < 1.29 is 23.4 Å². The molecule has 0 aromatic heterocycles. The van der Waals surface area contributed by atoms with Crippen LogP contribution in [0.3, 0.4) is 0 Å². The molecular formula is C25H26FN3O4. The van der Waals surface area contributed by atoms with Crippen LogP contribution in [0.25, 0.3) is 11.1 Å². The molecule has 0 bridgehead atoms. The Bertz CT molecular complexity index is 1090. The van der Waals surface area contributed by atoms with Gasteiger partial charge in [0.1, 0.15) is 30.3 Å². The number of rotatable bonds is 5. The van der Waals surface area contributed by atoms with Gasteiger partial charge in [-0.2, -0.15) is 5.26 Å². The number of hydrogen-bond acceptors (Lipinski definition) is 6. The predicted molar refractivity (Wildman–Crippen MR) is 118 cm³/mol. The summed E-state index contributed by atoms with van der Waals surface area (Å²) in [6.45, 7) is 3.47. The normalized spacial score (nSPS) is 20.8. The van der Waals surface area contributed by atoms with Gasteiger partial charge in [-0.15, -0.1) is 0 Å². The highest BCUT2D eigenvalue weighted by molar-refractivity contribution is 5.82. The molecular weight excluding hydrogens is 425 g/mol. The first-order chi connectivity index (χ1) is 16.1. The van der Waals surface area contributed by atoms with Crippen molar-refractivity contribution in [3.63, 3.8) is 0 Å². The van der Waals surface area contributed by atoms with E-state index >= 15 is 4.39 Å². The van der Waals surface area contributed by atoms with Crippen LogP contribution in [0.15, 0.2) is 30.3 Å². The number of hydrogen-bond donors (Lipinski definition) is 2. The number of nitriles is 1. The molecule has 0 radical (unpaired) electrons. The lowest BCUT2D eigenvalue weighted by molar-refractivity contribution is -0.132. The second-order valence-corrected chi connectivity index (χ2v) is 8.69. The molecule has 2 atom stereocenters. The smallest absolute Gasteiger partial charge is 0.251 e. The summed E-state index contributed by atoms with van der Waals surface area (Å²) in [5.74, 6) is 0.162. The van der Waals surface area contributed by atoms with Crippen molar-refractivity contribution in [2.45, 2.75) is 37.5 Å². The minimum atomic E-state index is -0.877. The summed E-state index contributed by atoms with van der Waals surface area (Å²) in [6.07, 6.45) is 0.203. The number of benzene rings is 2. The van der Waals surface area contributed by atoms with Gasteiger partial charge in [0, 0.05) is 31.1 Å². The number of fused-ring (bicyclic) bond motifs is 3. The molecule has 0 spiro atoms. The Morgan fingerprint density at radius 2 is 2.15 bits per heavy atom. The quantitative estimate of drug-likeness (QED) is 0.726. The fourth-order valence-electron chi connectivity index (χ4n) is 4.39. The highest BCUT2D eigenvalue weighted by atomic mass is 19.1. The van der Waals surface area contributed by atoms with Crippen molar-refractivity contribution in [3.8, 4) is 22.9 Å². The zero-order valence-electron chi connectivity index (χ0n) is 18.2. The average Bonchev–Trinajstić information content (AvgIpc) is 3.07. The van der Waals surface area contributed by atoms with Gasteiger partial charge in [0.25, 0.3) is 5.91 Å². The largest absolute Gasteiger partial charge is 0.488 e. The molecule has 2 fully saturated rings. The zero-order valence-corrected chi connectivity index (χ0v) is 18.2. The number of halogens is 1. The Kier molecular flexibility index (Phi) is 6.27. The number of carbonyl (C=O) groups excluding carboxylic acids is 1. The molecule has 172 valence electrons. The van der Waals surface area contributed by atoms with E-state index in [2.05, 4.69) is 28.8 Å². The number of carbonyl (C=O) groups is 1. The Morgan fingerprint density at radius 1 is 1.27 bits per heavy atom. The third-order valence-corrected chi connectivity index (χ3v) is 6.40. The summed E-state index contributed by atoms with van der Waals surface area (Å²) in [4.78, 5) is 12.5. The van der Waals surface area contributed by atoms with Crippen LogP contribution in [0.5, 0.6) is 5.75 Å². The summed E-state index contributed by atoms with van der Waals surface area (Å²) < 4.78 is 31.9. The standard InChI is InChI=1S/C25H26FN3O4/c26-22-9-21-20-7-15(18-12-31-13-18)2-3-16(20)14-33-23(21)8-17(22)6-19(10-27)29-25(30)24-11-28-4-1-5-32-24/h2-3,7-9,18-19,24,28H,1,4-6,11-14H2,(H,29,30)/t19-,24-/m0/s1. The lowest BCUT2D eigenvalue weighted by Gasteiger charge is -2.28. The third kappa shape index (κ3) is 4.58. The van der Waals surface area contributed by atoms with Gasteiger partial charge < -0.3 is 24.8 Å². The van der Waals surface area contributed by atoms with E-state index in [-0.39, 0.29) is 12.3 Å². The van der Waals surface area contributed by atoms with Crippen LogP contribution in [-0.4, -0.2) is 51.0 Å². The van der Waals surface area contributed by atoms with Crippen LogP contribution in [-0.2, 0) is 27.3 Å². The highest BCUT2D eigenvalue weighted by Crippen LogP contribution is 2.41. The van der Waals surface area contributed by atoms with Crippen molar-refractivity contribution in [2.75, 3.05) is 32.9 Å². The van der Waals surface area contributed by atoms with E-state index in [0.29, 0.717) is 55.8 Å². The van der Waals surface area contributed by atoms with E-state index in [4.69, 9.17) is 14.2 Å². The first-order valence-electron chi connectivity index (χ1n) is 11.3. The van der Waals surface area contributed by atoms with Gasteiger partial charge in [-0.1, -0.05) is 18.2 Å². The molecule has 0 saturated carbocycles. The van der Waals surface area contributed by atoms with Crippen molar-refractivity contribution in [1.82, 2.24) is 10.6 Å². The predicted octanol–water partition coefficient (Wildman–Crippen LogP) is 2.43. The van der Waals surface area contributed by atoms with E-state index < -0.39 is 18.0 Å². The van der Waals surface area contributed by atoms with Crippen molar-refractivity contribution in [1.29, 1.82) is 5.26 Å². The van der Waals surface area contributed by atoms with Crippen LogP contribution in [0.2, 0.25) is 0 Å². The average molecular weight is 451 g/mol. The molecule has 1 amide bonds. The molecule has 3 heterocycles. The maximum atomic E-state index is 15.1. The molecule has 2 aromatic carbocycles. The van der Waals surface area contributed by atoms with Gasteiger partial charge in [-0.3, -0.25) is 4.79 Å². The summed E-state index contributed by atoms with van der Waals surface area (Å²) in [6, 6.07) is 10.5. The lowest BCUT2D eigenvalue weighted by Crippen LogP contribution is -2.46. The number of nitrogens with one attached hydrogen (secondary N) is 2. The van der Waals surface area contributed by atoms with Gasteiger partial charge in [-0.05, 0) is 47.4 Å². The third-order valence-electron chi connectivity index (χ3n) is 6.40. The molecule has 2 N–H and O–H groups in total. The maximum absolute atomic E-state index is 15.1. The molecule has 3 aliphatic rings. The zero-order chi connectivity index (χ0) is 22.8. The minimum Gasteiger partial charge on any atom is -0.488 e. The Morgan fingerprint density at radius 3 is 2.94 bits per heavy atom. The van der Waals surface area contributed by atoms with Gasteiger partial charge in [0.2, 0.25) is 0 Å².